The molecule has 0 unspecified atom stereocenters. The normalized spacial score (nSPS) is 12.8. The SMILES string of the molecule is O=C(Cc1ccc2c(c1)CCC2)NNC(=O)c1cccs1. The summed E-state index contributed by atoms with van der Waals surface area (Å²) in [6, 6.07) is 9.71. The quantitative estimate of drug-likeness (QED) is 0.854. The van der Waals surface area contributed by atoms with Gasteiger partial charge in [-0.05, 0) is 47.4 Å². The number of thiophene rings is 1. The lowest BCUT2D eigenvalue weighted by Crippen LogP contribution is -2.42. The molecule has 0 atom stereocenters. The molecule has 1 heterocycles. The highest BCUT2D eigenvalue weighted by molar-refractivity contribution is 7.12. The van der Waals surface area contributed by atoms with Crippen molar-refractivity contribution in [2.75, 3.05) is 0 Å². The van der Waals surface area contributed by atoms with Gasteiger partial charge in [-0.1, -0.05) is 24.3 Å². The summed E-state index contributed by atoms with van der Waals surface area (Å²) < 4.78 is 0. The molecule has 0 radical (unpaired) electrons. The summed E-state index contributed by atoms with van der Waals surface area (Å²) in [4.78, 5) is 24.1. The highest BCUT2D eigenvalue weighted by Crippen LogP contribution is 2.22. The third-order valence-electron chi connectivity index (χ3n) is 3.59. The summed E-state index contributed by atoms with van der Waals surface area (Å²) in [5.41, 5.74) is 8.61. The van der Waals surface area contributed by atoms with Crippen molar-refractivity contribution in [2.45, 2.75) is 25.7 Å². The Hall–Kier alpha value is -2.14. The Balaban J connectivity index is 1.53. The van der Waals surface area contributed by atoms with Crippen LogP contribution in [0.4, 0.5) is 0 Å². The average molecular weight is 300 g/mol. The fourth-order valence-corrected chi connectivity index (χ4v) is 3.18. The number of aryl methyl sites for hydroxylation is 2. The zero-order valence-electron chi connectivity index (χ0n) is 11.5. The number of rotatable bonds is 3. The predicted octanol–water partition coefficient (Wildman–Crippen LogP) is 2.24. The molecule has 3 rings (SSSR count). The van der Waals surface area contributed by atoms with E-state index in [0.717, 1.165) is 18.4 Å². The number of benzene rings is 1. The molecule has 21 heavy (non-hydrogen) atoms. The van der Waals surface area contributed by atoms with E-state index in [2.05, 4.69) is 23.0 Å². The number of nitrogens with one attached hydrogen (secondary N) is 2. The van der Waals surface area contributed by atoms with Gasteiger partial charge in [0.05, 0.1) is 11.3 Å². The molecule has 0 aliphatic heterocycles. The molecule has 1 aliphatic rings. The van der Waals surface area contributed by atoms with E-state index in [0.29, 0.717) is 4.88 Å². The number of fused-ring (bicyclic) bond motifs is 1. The molecule has 1 aromatic heterocycles. The Morgan fingerprint density at radius 2 is 1.95 bits per heavy atom. The Labute approximate surface area is 127 Å². The molecule has 1 aliphatic carbocycles. The van der Waals surface area contributed by atoms with Crippen molar-refractivity contribution in [3.8, 4) is 0 Å². The van der Waals surface area contributed by atoms with E-state index in [4.69, 9.17) is 0 Å². The van der Waals surface area contributed by atoms with E-state index in [1.54, 1.807) is 12.1 Å². The van der Waals surface area contributed by atoms with Gasteiger partial charge in [-0.2, -0.15) is 0 Å². The van der Waals surface area contributed by atoms with E-state index in [1.165, 1.54) is 28.9 Å². The number of hydrogen-bond acceptors (Lipinski definition) is 3. The zero-order valence-corrected chi connectivity index (χ0v) is 12.3. The number of carbonyl (C=O) groups excluding carboxylic acids is 2. The fourth-order valence-electron chi connectivity index (χ4n) is 2.56. The first-order valence-electron chi connectivity index (χ1n) is 6.96. The van der Waals surface area contributed by atoms with Crippen molar-refractivity contribution >= 4 is 23.2 Å². The maximum Gasteiger partial charge on any atom is 0.279 e. The summed E-state index contributed by atoms with van der Waals surface area (Å²) in [6.07, 6.45) is 3.71. The standard InChI is InChI=1S/C16H16N2O2S/c19-15(17-18-16(20)14-5-2-8-21-14)10-11-6-7-12-3-1-4-13(12)9-11/h2,5-9H,1,3-4,10H2,(H,17,19)(H,18,20). The molecular formula is C16H16N2O2S. The third-order valence-corrected chi connectivity index (χ3v) is 4.46. The summed E-state index contributed by atoms with van der Waals surface area (Å²) >= 11 is 1.34. The molecule has 2 aromatic rings. The number of hydrazine groups is 1. The summed E-state index contributed by atoms with van der Waals surface area (Å²) in [7, 11) is 0. The van der Waals surface area contributed by atoms with Gasteiger partial charge in [-0.25, -0.2) is 0 Å². The smallest absolute Gasteiger partial charge is 0.273 e. The van der Waals surface area contributed by atoms with Crippen LogP contribution in [0.5, 0.6) is 0 Å². The number of hydrogen-bond donors (Lipinski definition) is 2. The molecule has 0 saturated heterocycles. The van der Waals surface area contributed by atoms with Crippen LogP contribution in [0.2, 0.25) is 0 Å². The number of carbonyl (C=O) groups is 2. The van der Waals surface area contributed by atoms with Crippen LogP contribution < -0.4 is 10.9 Å². The molecule has 4 nitrogen and oxygen atoms in total. The highest BCUT2D eigenvalue weighted by Gasteiger charge is 2.13. The van der Waals surface area contributed by atoms with E-state index in [1.807, 2.05) is 11.4 Å². The molecule has 1 aromatic carbocycles. The molecule has 5 heteroatoms. The maximum absolute atomic E-state index is 11.9. The monoisotopic (exact) mass is 300 g/mol. The maximum atomic E-state index is 11.9. The van der Waals surface area contributed by atoms with E-state index in [-0.39, 0.29) is 18.2 Å². The van der Waals surface area contributed by atoms with E-state index >= 15 is 0 Å². The van der Waals surface area contributed by atoms with Crippen LogP contribution in [-0.2, 0) is 24.1 Å². The molecule has 0 saturated carbocycles. The van der Waals surface area contributed by atoms with Gasteiger partial charge in [0.15, 0.2) is 0 Å². The van der Waals surface area contributed by atoms with Crippen molar-refractivity contribution in [1.82, 2.24) is 10.9 Å². The molecule has 2 amide bonds. The minimum Gasteiger partial charge on any atom is -0.273 e. The highest BCUT2D eigenvalue weighted by atomic mass is 32.1. The van der Waals surface area contributed by atoms with Crippen LogP contribution in [0.1, 0.15) is 32.8 Å². The Bertz CT molecular complexity index is 665. The predicted molar refractivity (Wildman–Crippen MR) is 82.1 cm³/mol. The Morgan fingerprint density at radius 1 is 1.10 bits per heavy atom. The largest absolute Gasteiger partial charge is 0.279 e. The lowest BCUT2D eigenvalue weighted by Gasteiger charge is -2.07. The minimum atomic E-state index is -0.285. The van der Waals surface area contributed by atoms with Crippen molar-refractivity contribution in [3.63, 3.8) is 0 Å². The van der Waals surface area contributed by atoms with Crippen LogP contribution in [-0.4, -0.2) is 11.8 Å². The second-order valence-corrected chi connectivity index (χ2v) is 6.06. The fraction of sp³-hybridized carbons (Fsp3) is 0.250. The molecule has 108 valence electrons. The molecule has 0 fully saturated rings. The lowest BCUT2D eigenvalue weighted by molar-refractivity contribution is -0.121. The third kappa shape index (κ3) is 3.31. The first-order valence-corrected chi connectivity index (χ1v) is 7.84. The topological polar surface area (TPSA) is 58.2 Å². The van der Waals surface area contributed by atoms with Gasteiger partial charge in [0.2, 0.25) is 5.91 Å². The van der Waals surface area contributed by atoms with Gasteiger partial charge in [-0.3, -0.25) is 20.4 Å². The minimum absolute atomic E-state index is 0.210. The molecule has 2 N–H and O–H groups in total. The van der Waals surface area contributed by atoms with Crippen molar-refractivity contribution in [1.29, 1.82) is 0 Å². The zero-order chi connectivity index (χ0) is 14.7. The van der Waals surface area contributed by atoms with Crippen LogP contribution >= 0.6 is 11.3 Å². The van der Waals surface area contributed by atoms with Gasteiger partial charge in [0.25, 0.3) is 5.91 Å². The van der Waals surface area contributed by atoms with Gasteiger partial charge in [0.1, 0.15) is 0 Å². The second kappa shape index (κ2) is 6.10. The van der Waals surface area contributed by atoms with Crippen LogP contribution in [0.25, 0.3) is 0 Å². The van der Waals surface area contributed by atoms with Crippen LogP contribution in [0.15, 0.2) is 35.7 Å². The summed E-state index contributed by atoms with van der Waals surface area (Å²) in [5, 5.41) is 1.82. The Kier molecular flexibility index (Phi) is 4.01. The lowest BCUT2D eigenvalue weighted by atomic mass is 10.0. The van der Waals surface area contributed by atoms with Gasteiger partial charge >= 0.3 is 0 Å². The summed E-state index contributed by atoms with van der Waals surface area (Å²) in [6.45, 7) is 0. The molecular weight excluding hydrogens is 284 g/mol. The first-order chi connectivity index (χ1) is 10.2. The molecule has 0 spiro atoms. The van der Waals surface area contributed by atoms with Crippen LogP contribution in [0.3, 0.4) is 0 Å². The van der Waals surface area contributed by atoms with Crippen LogP contribution in [0, 0.1) is 0 Å². The van der Waals surface area contributed by atoms with Gasteiger partial charge in [-0.15, -0.1) is 11.3 Å². The summed E-state index contributed by atoms with van der Waals surface area (Å²) in [5.74, 6) is -0.495. The van der Waals surface area contributed by atoms with Gasteiger partial charge < -0.3 is 0 Å². The second-order valence-electron chi connectivity index (χ2n) is 5.11. The van der Waals surface area contributed by atoms with Crippen molar-refractivity contribution in [3.05, 3.63) is 57.3 Å². The average Bonchev–Trinajstić information content (AvgIpc) is 3.15. The van der Waals surface area contributed by atoms with E-state index in [9.17, 15) is 9.59 Å². The Morgan fingerprint density at radius 3 is 2.76 bits per heavy atom. The first kappa shape index (κ1) is 13.8. The van der Waals surface area contributed by atoms with Crippen molar-refractivity contribution < 1.29 is 9.59 Å². The number of amides is 2. The van der Waals surface area contributed by atoms with Crippen molar-refractivity contribution in [2.24, 2.45) is 0 Å². The molecule has 0 bridgehead atoms. The van der Waals surface area contributed by atoms with E-state index < -0.39 is 0 Å². The van der Waals surface area contributed by atoms with Gasteiger partial charge in [0, 0.05) is 0 Å².